The predicted octanol–water partition coefficient (Wildman–Crippen LogP) is 3.21. The molecule has 0 fully saturated rings. The SMILES string of the molecule is CNC(=O)c1cccc(N[C@H](C)C(=O)Nc2ccccc2SC)c1. The van der Waals surface area contributed by atoms with Crippen molar-refractivity contribution in [2.45, 2.75) is 17.9 Å². The van der Waals surface area contributed by atoms with Crippen LogP contribution in [-0.4, -0.2) is 31.2 Å². The number of amides is 2. The molecule has 0 heterocycles. The minimum Gasteiger partial charge on any atom is -0.374 e. The van der Waals surface area contributed by atoms with Gasteiger partial charge in [0.25, 0.3) is 5.91 Å². The van der Waals surface area contributed by atoms with E-state index in [1.807, 2.05) is 36.6 Å². The normalized spacial score (nSPS) is 11.5. The Morgan fingerprint density at radius 2 is 1.83 bits per heavy atom. The van der Waals surface area contributed by atoms with Crippen molar-refractivity contribution in [3.8, 4) is 0 Å². The van der Waals surface area contributed by atoms with Crippen LogP contribution in [0.4, 0.5) is 11.4 Å². The number of anilines is 2. The van der Waals surface area contributed by atoms with Gasteiger partial charge in [0, 0.05) is 23.2 Å². The number of nitrogens with one attached hydrogen (secondary N) is 3. The Morgan fingerprint density at radius 3 is 2.54 bits per heavy atom. The van der Waals surface area contributed by atoms with Gasteiger partial charge in [-0.05, 0) is 43.5 Å². The largest absolute Gasteiger partial charge is 0.374 e. The lowest BCUT2D eigenvalue weighted by atomic mass is 10.1. The molecule has 0 aliphatic heterocycles. The minimum absolute atomic E-state index is 0.137. The van der Waals surface area contributed by atoms with Gasteiger partial charge in [-0.2, -0.15) is 0 Å². The number of thioether (sulfide) groups is 1. The lowest BCUT2D eigenvalue weighted by Crippen LogP contribution is -2.32. The highest BCUT2D eigenvalue weighted by molar-refractivity contribution is 7.98. The van der Waals surface area contributed by atoms with Crippen LogP contribution in [0.3, 0.4) is 0 Å². The van der Waals surface area contributed by atoms with Gasteiger partial charge in [-0.1, -0.05) is 18.2 Å². The van der Waals surface area contributed by atoms with Gasteiger partial charge in [-0.15, -0.1) is 11.8 Å². The second kappa shape index (κ2) is 8.40. The molecule has 0 bridgehead atoms. The average molecular weight is 343 g/mol. The highest BCUT2D eigenvalue weighted by Crippen LogP contribution is 2.24. The second-order valence-corrected chi connectivity index (χ2v) is 6.06. The van der Waals surface area contributed by atoms with Gasteiger partial charge in [0.15, 0.2) is 0 Å². The van der Waals surface area contributed by atoms with E-state index in [2.05, 4.69) is 16.0 Å². The van der Waals surface area contributed by atoms with E-state index in [-0.39, 0.29) is 11.8 Å². The molecule has 0 radical (unpaired) electrons. The van der Waals surface area contributed by atoms with Crippen LogP contribution in [0.1, 0.15) is 17.3 Å². The molecular weight excluding hydrogens is 322 g/mol. The third-order valence-corrected chi connectivity index (χ3v) is 4.29. The van der Waals surface area contributed by atoms with Crippen molar-refractivity contribution >= 4 is 35.0 Å². The fourth-order valence-corrected chi connectivity index (χ4v) is 2.75. The molecule has 0 saturated heterocycles. The first-order valence-electron chi connectivity index (χ1n) is 7.57. The minimum atomic E-state index is -0.445. The molecule has 2 aromatic carbocycles. The van der Waals surface area contributed by atoms with Crippen molar-refractivity contribution < 1.29 is 9.59 Å². The van der Waals surface area contributed by atoms with E-state index < -0.39 is 6.04 Å². The smallest absolute Gasteiger partial charge is 0.251 e. The van der Waals surface area contributed by atoms with Crippen LogP contribution in [-0.2, 0) is 4.79 Å². The Kier molecular flexibility index (Phi) is 6.26. The topological polar surface area (TPSA) is 70.2 Å². The summed E-state index contributed by atoms with van der Waals surface area (Å²) < 4.78 is 0. The average Bonchev–Trinajstić information content (AvgIpc) is 2.61. The Balaban J connectivity index is 2.05. The number of hydrogen-bond acceptors (Lipinski definition) is 4. The third-order valence-electron chi connectivity index (χ3n) is 3.49. The fraction of sp³-hybridized carbons (Fsp3) is 0.222. The summed E-state index contributed by atoms with van der Waals surface area (Å²) in [5, 5.41) is 8.63. The molecule has 0 unspecified atom stereocenters. The maximum absolute atomic E-state index is 12.4. The van der Waals surface area contributed by atoms with Crippen LogP contribution in [0.5, 0.6) is 0 Å². The molecule has 2 amide bonds. The predicted molar refractivity (Wildman–Crippen MR) is 99.8 cm³/mol. The van der Waals surface area contributed by atoms with Crippen LogP contribution in [0.2, 0.25) is 0 Å². The molecule has 0 aliphatic carbocycles. The molecule has 0 aliphatic rings. The van der Waals surface area contributed by atoms with Crippen molar-refractivity contribution in [1.29, 1.82) is 0 Å². The standard InChI is InChI=1S/C18H21N3O2S/c1-12(17(22)21-15-9-4-5-10-16(15)24-3)20-14-8-6-7-13(11-14)18(23)19-2/h4-12,20H,1-3H3,(H,19,23)(H,21,22)/t12-/m1/s1. The summed E-state index contributed by atoms with van der Waals surface area (Å²) in [7, 11) is 1.59. The number of para-hydroxylation sites is 1. The van der Waals surface area contributed by atoms with E-state index in [0.29, 0.717) is 5.56 Å². The molecule has 126 valence electrons. The highest BCUT2D eigenvalue weighted by Gasteiger charge is 2.15. The molecule has 2 rings (SSSR count). The van der Waals surface area contributed by atoms with Gasteiger partial charge in [0.05, 0.1) is 5.69 Å². The fourth-order valence-electron chi connectivity index (χ4n) is 2.20. The van der Waals surface area contributed by atoms with E-state index in [1.54, 1.807) is 43.9 Å². The van der Waals surface area contributed by atoms with Gasteiger partial charge in [0.2, 0.25) is 5.91 Å². The first-order chi connectivity index (χ1) is 11.5. The summed E-state index contributed by atoms with van der Waals surface area (Å²) in [6.45, 7) is 1.78. The van der Waals surface area contributed by atoms with Gasteiger partial charge in [-0.3, -0.25) is 9.59 Å². The monoisotopic (exact) mass is 343 g/mol. The van der Waals surface area contributed by atoms with Crippen molar-refractivity contribution in [2.24, 2.45) is 0 Å². The molecule has 0 saturated carbocycles. The first kappa shape index (κ1) is 17.9. The Bertz CT molecular complexity index is 734. The van der Waals surface area contributed by atoms with E-state index >= 15 is 0 Å². The first-order valence-corrected chi connectivity index (χ1v) is 8.80. The lowest BCUT2D eigenvalue weighted by molar-refractivity contribution is -0.116. The highest BCUT2D eigenvalue weighted by atomic mass is 32.2. The summed E-state index contributed by atoms with van der Waals surface area (Å²) in [5.41, 5.74) is 2.06. The quantitative estimate of drug-likeness (QED) is 0.705. The van der Waals surface area contributed by atoms with Crippen LogP contribution in [0.25, 0.3) is 0 Å². The van der Waals surface area contributed by atoms with Crippen LogP contribution in [0, 0.1) is 0 Å². The molecule has 1 atom stereocenters. The molecule has 5 nitrogen and oxygen atoms in total. The van der Waals surface area contributed by atoms with Crippen molar-refractivity contribution in [3.05, 3.63) is 54.1 Å². The summed E-state index contributed by atoms with van der Waals surface area (Å²) in [5.74, 6) is -0.300. The van der Waals surface area contributed by atoms with Gasteiger partial charge in [-0.25, -0.2) is 0 Å². The Labute approximate surface area is 146 Å². The number of carbonyl (C=O) groups is 2. The number of carbonyl (C=O) groups excluding carboxylic acids is 2. The summed E-state index contributed by atoms with van der Waals surface area (Å²) in [6, 6.07) is 14.3. The molecule has 0 aromatic heterocycles. The number of rotatable bonds is 6. The van der Waals surface area contributed by atoms with E-state index in [4.69, 9.17) is 0 Å². The summed E-state index contributed by atoms with van der Waals surface area (Å²) >= 11 is 1.58. The third kappa shape index (κ3) is 4.52. The lowest BCUT2D eigenvalue weighted by Gasteiger charge is -2.17. The molecule has 24 heavy (non-hydrogen) atoms. The van der Waals surface area contributed by atoms with Crippen molar-refractivity contribution in [2.75, 3.05) is 23.9 Å². The zero-order valence-electron chi connectivity index (χ0n) is 13.9. The van der Waals surface area contributed by atoms with E-state index in [0.717, 1.165) is 16.3 Å². The Hall–Kier alpha value is -2.47. The maximum Gasteiger partial charge on any atom is 0.251 e. The van der Waals surface area contributed by atoms with E-state index in [9.17, 15) is 9.59 Å². The molecule has 3 N–H and O–H groups in total. The van der Waals surface area contributed by atoms with Gasteiger partial charge >= 0.3 is 0 Å². The van der Waals surface area contributed by atoms with E-state index in [1.165, 1.54) is 0 Å². The number of hydrogen-bond donors (Lipinski definition) is 3. The summed E-state index contributed by atoms with van der Waals surface area (Å²) in [4.78, 5) is 25.1. The van der Waals surface area contributed by atoms with Gasteiger partial charge in [0.1, 0.15) is 6.04 Å². The van der Waals surface area contributed by atoms with Crippen LogP contribution >= 0.6 is 11.8 Å². The van der Waals surface area contributed by atoms with Crippen LogP contribution in [0.15, 0.2) is 53.4 Å². The summed E-state index contributed by atoms with van der Waals surface area (Å²) in [6.07, 6.45) is 1.97. The molecule has 2 aromatic rings. The number of benzene rings is 2. The van der Waals surface area contributed by atoms with Crippen molar-refractivity contribution in [3.63, 3.8) is 0 Å². The zero-order chi connectivity index (χ0) is 17.5. The molecule has 6 heteroatoms. The molecule has 0 spiro atoms. The van der Waals surface area contributed by atoms with Crippen molar-refractivity contribution in [1.82, 2.24) is 5.32 Å². The zero-order valence-corrected chi connectivity index (χ0v) is 14.7. The second-order valence-electron chi connectivity index (χ2n) is 5.22. The van der Waals surface area contributed by atoms with Crippen LogP contribution < -0.4 is 16.0 Å². The Morgan fingerprint density at radius 1 is 1.08 bits per heavy atom. The van der Waals surface area contributed by atoms with Gasteiger partial charge < -0.3 is 16.0 Å². The molecular formula is C18H21N3O2S. The maximum atomic E-state index is 12.4.